The van der Waals surface area contributed by atoms with Crippen molar-refractivity contribution in [1.29, 1.82) is 0 Å². The Balaban J connectivity index is 1.34. The zero-order chi connectivity index (χ0) is 22.3. The third-order valence-corrected chi connectivity index (χ3v) is 6.30. The van der Waals surface area contributed by atoms with E-state index in [1.54, 1.807) is 0 Å². The molecule has 0 unspecified atom stereocenters. The highest BCUT2D eigenvalue weighted by molar-refractivity contribution is 7.99. The van der Waals surface area contributed by atoms with E-state index >= 15 is 0 Å². The molecular formula is C23H23ClN4O3S. The van der Waals surface area contributed by atoms with Gasteiger partial charge in [0.25, 0.3) is 5.56 Å². The smallest absolute Gasteiger partial charge is 0.273 e. The van der Waals surface area contributed by atoms with E-state index in [4.69, 9.17) is 16.3 Å². The number of H-pyrrole nitrogens is 1. The fourth-order valence-electron chi connectivity index (χ4n) is 3.35. The average molecular weight is 471 g/mol. The number of amides is 1. The first-order chi connectivity index (χ1) is 15.6. The number of aryl methyl sites for hydroxylation is 1. The van der Waals surface area contributed by atoms with Crippen LogP contribution in [0.1, 0.15) is 17.7 Å². The van der Waals surface area contributed by atoms with E-state index in [1.807, 2.05) is 65.2 Å². The van der Waals surface area contributed by atoms with Crippen LogP contribution in [0.25, 0.3) is 11.4 Å². The van der Waals surface area contributed by atoms with Gasteiger partial charge >= 0.3 is 0 Å². The van der Waals surface area contributed by atoms with Crippen LogP contribution < -0.4 is 10.3 Å². The number of hydrogen-bond donors (Lipinski definition) is 1. The Morgan fingerprint density at radius 1 is 1.12 bits per heavy atom. The number of nitrogens with one attached hydrogen (secondary N) is 1. The maximum absolute atomic E-state index is 12.4. The first-order valence-electron chi connectivity index (χ1n) is 10.4. The van der Waals surface area contributed by atoms with Crippen molar-refractivity contribution in [1.82, 2.24) is 20.1 Å². The number of carbonyl (C=O) groups excluding carboxylic acids is 1. The molecule has 1 amide bonds. The Kier molecular flexibility index (Phi) is 7.44. The number of aromatic nitrogens is 3. The van der Waals surface area contributed by atoms with Crippen LogP contribution >= 0.6 is 23.4 Å². The standard InChI is InChI=1S/C23H23ClN4O3S/c24-18-3-1-2-16(14-18)15-31-19-6-4-17(5-7-19)22-25-23(30)20(26-27-22)8-9-21(29)28-10-12-32-13-11-28/h1-7,14H,8-13,15H2,(H,25,27,30). The van der Waals surface area contributed by atoms with Crippen molar-refractivity contribution in [2.75, 3.05) is 24.6 Å². The Morgan fingerprint density at radius 2 is 1.91 bits per heavy atom. The number of carbonyl (C=O) groups is 1. The lowest BCUT2D eigenvalue weighted by molar-refractivity contribution is -0.130. The van der Waals surface area contributed by atoms with Crippen molar-refractivity contribution < 1.29 is 9.53 Å². The molecule has 1 saturated heterocycles. The topological polar surface area (TPSA) is 88.2 Å². The second-order valence-electron chi connectivity index (χ2n) is 7.39. The van der Waals surface area contributed by atoms with Crippen molar-refractivity contribution >= 4 is 29.3 Å². The van der Waals surface area contributed by atoms with E-state index in [0.717, 1.165) is 35.7 Å². The lowest BCUT2D eigenvalue weighted by Crippen LogP contribution is -2.38. The Morgan fingerprint density at radius 3 is 2.62 bits per heavy atom. The third-order valence-electron chi connectivity index (χ3n) is 5.13. The third kappa shape index (κ3) is 5.89. The number of hydrogen-bond acceptors (Lipinski definition) is 6. The summed E-state index contributed by atoms with van der Waals surface area (Å²) in [5.41, 5.74) is 1.65. The van der Waals surface area contributed by atoms with Crippen LogP contribution in [0.3, 0.4) is 0 Å². The van der Waals surface area contributed by atoms with Gasteiger partial charge in [-0.05, 0) is 42.0 Å². The first-order valence-corrected chi connectivity index (χ1v) is 11.9. The first kappa shape index (κ1) is 22.4. The van der Waals surface area contributed by atoms with E-state index in [1.165, 1.54) is 0 Å². The van der Waals surface area contributed by atoms with E-state index in [9.17, 15) is 9.59 Å². The summed E-state index contributed by atoms with van der Waals surface area (Å²) in [5.74, 6) is 3.05. The molecule has 32 heavy (non-hydrogen) atoms. The van der Waals surface area contributed by atoms with Crippen LogP contribution in [0.2, 0.25) is 5.02 Å². The van der Waals surface area contributed by atoms with Crippen LogP contribution in [0, 0.1) is 0 Å². The van der Waals surface area contributed by atoms with Crippen molar-refractivity contribution in [2.24, 2.45) is 0 Å². The highest BCUT2D eigenvalue weighted by Crippen LogP contribution is 2.20. The van der Waals surface area contributed by atoms with Gasteiger partial charge < -0.3 is 14.6 Å². The van der Waals surface area contributed by atoms with Crippen LogP contribution in [-0.4, -0.2) is 50.6 Å². The fraction of sp³-hybridized carbons (Fsp3) is 0.304. The molecule has 1 aliphatic heterocycles. The number of aromatic amines is 1. The van der Waals surface area contributed by atoms with Gasteiger partial charge in [-0.15, -0.1) is 10.2 Å². The molecule has 0 radical (unpaired) electrons. The van der Waals surface area contributed by atoms with Crippen molar-refractivity contribution in [3.63, 3.8) is 0 Å². The Bertz CT molecular complexity index is 1130. The number of benzene rings is 2. The highest BCUT2D eigenvalue weighted by atomic mass is 35.5. The summed E-state index contributed by atoms with van der Waals surface area (Å²) < 4.78 is 5.78. The molecule has 1 N–H and O–H groups in total. The monoisotopic (exact) mass is 470 g/mol. The van der Waals surface area contributed by atoms with Crippen molar-refractivity contribution in [3.8, 4) is 17.1 Å². The molecule has 9 heteroatoms. The van der Waals surface area contributed by atoms with E-state index in [-0.39, 0.29) is 30.0 Å². The quantitative estimate of drug-likeness (QED) is 0.568. The van der Waals surface area contributed by atoms with Gasteiger partial charge in [-0.2, -0.15) is 11.8 Å². The second kappa shape index (κ2) is 10.7. The van der Waals surface area contributed by atoms with Crippen LogP contribution in [0.15, 0.2) is 53.3 Å². The molecule has 0 saturated carbocycles. The van der Waals surface area contributed by atoms with Gasteiger partial charge in [-0.3, -0.25) is 9.59 Å². The molecule has 0 atom stereocenters. The molecule has 4 rings (SSSR count). The maximum Gasteiger partial charge on any atom is 0.273 e. The maximum atomic E-state index is 12.4. The van der Waals surface area contributed by atoms with Crippen molar-refractivity contribution in [2.45, 2.75) is 19.4 Å². The normalized spacial score (nSPS) is 13.7. The average Bonchev–Trinajstić information content (AvgIpc) is 2.83. The molecule has 1 aliphatic rings. The molecule has 0 bridgehead atoms. The molecule has 0 aliphatic carbocycles. The van der Waals surface area contributed by atoms with Crippen molar-refractivity contribution in [3.05, 3.63) is 75.2 Å². The highest BCUT2D eigenvalue weighted by Gasteiger charge is 2.17. The van der Waals surface area contributed by atoms with Gasteiger partial charge in [0.15, 0.2) is 5.82 Å². The van der Waals surface area contributed by atoms with Crippen LogP contribution in [0.5, 0.6) is 5.75 Å². The largest absolute Gasteiger partial charge is 0.489 e. The predicted octanol–water partition coefficient (Wildman–Crippen LogP) is 3.57. The van der Waals surface area contributed by atoms with Gasteiger partial charge in [-0.1, -0.05) is 23.7 Å². The van der Waals surface area contributed by atoms with Gasteiger partial charge in [0.05, 0.1) is 0 Å². The minimum atomic E-state index is -0.321. The number of halogens is 1. The molecule has 7 nitrogen and oxygen atoms in total. The summed E-state index contributed by atoms with van der Waals surface area (Å²) in [4.78, 5) is 29.4. The SMILES string of the molecule is O=C(CCc1nnc(-c2ccc(OCc3cccc(Cl)c3)cc2)[nH]c1=O)N1CCSCC1. The predicted molar refractivity (Wildman–Crippen MR) is 126 cm³/mol. The van der Waals surface area contributed by atoms with E-state index in [0.29, 0.717) is 23.2 Å². The number of thioether (sulfide) groups is 1. The lowest BCUT2D eigenvalue weighted by Gasteiger charge is -2.26. The van der Waals surface area contributed by atoms with E-state index in [2.05, 4.69) is 15.2 Å². The zero-order valence-corrected chi connectivity index (χ0v) is 19.0. The number of ether oxygens (including phenoxy) is 1. The second-order valence-corrected chi connectivity index (χ2v) is 9.05. The minimum absolute atomic E-state index is 0.0592. The van der Waals surface area contributed by atoms with Gasteiger partial charge in [0, 0.05) is 48.0 Å². The molecule has 2 heterocycles. The summed E-state index contributed by atoms with van der Waals surface area (Å²) in [5, 5.41) is 8.88. The van der Waals surface area contributed by atoms with E-state index < -0.39 is 0 Å². The molecule has 3 aromatic rings. The van der Waals surface area contributed by atoms with Gasteiger partial charge in [-0.25, -0.2) is 0 Å². The van der Waals surface area contributed by atoms with Crippen LogP contribution in [0.4, 0.5) is 0 Å². The molecule has 0 spiro atoms. The summed E-state index contributed by atoms with van der Waals surface area (Å²) in [6.45, 7) is 1.94. The molecule has 166 valence electrons. The molecule has 2 aromatic carbocycles. The van der Waals surface area contributed by atoms with Gasteiger partial charge in [0.2, 0.25) is 5.91 Å². The fourth-order valence-corrected chi connectivity index (χ4v) is 4.47. The number of nitrogens with zero attached hydrogens (tertiary/aromatic N) is 3. The summed E-state index contributed by atoms with van der Waals surface area (Å²) in [6, 6.07) is 14.7. The summed E-state index contributed by atoms with van der Waals surface area (Å²) >= 11 is 7.84. The summed E-state index contributed by atoms with van der Waals surface area (Å²) in [6.07, 6.45) is 0.543. The minimum Gasteiger partial charge on any atom is -0.489 e. The molecule has 1 aromatic heterocycles. The van der Waals surface area contributed by atoms with Gasteiger partial charge in [0.1, 0.15) is 18.1 Å². The zero-order valence-electron chi connectivity index (χ0n) is 17.4. The number of rotatable bonds is 7. The van der Waals surface area contributed by atoms with Crippen LogP contribution in [-0.2, 0) is 17.8 Å². The summed E-state index contributed by atoms with van der Waals surface area (Å²) in [7, 11) is 0. The lowest BCUT2D eigenvalue weighted by atomic mass is 10.2. The molecule has 1 fully saturated rings. The Hall–Kier alpha value is -2.84. The Labute approximate surface area is 195 Å². The molecular weight excluding hydrogens is 448 g/mol.